The van der Waals surface area contributed by atoms with Gasteiger partial charge >= 0.3 is 0 Å². The molecule has 0 aliphatic carbocycles. The molecule has 0 saturated carbocycles. The standard InChI is InChI=1S/C8H20N2/c1-8(2,3)9-6-7-10(4)5/h9H,6-7H2,1-5H3. The Bertz CT molecular complexity index is 81.7. The van der Waals surface area contributed by atoms with Crippen LogP contribution >= 0.6 is 0 Å². The van der Waals surface area contributed by atoms with Crippen LogP contribution < -0.4 is 5.32 Å². The molecule has 0 aromatic carbocycles. The van der Waals surface area contributed by atoms with Crippen molar-refractivity contribution in [1.29, 1.82) is 0 Å². The fourth-order valence-electron chi connectivity index (χ4n) is 0.655. The Kier molecular flexibility index (Phi) is 3.91. The summed E-state index contributed by atoms with van der Waals surface area (Å²) in [5.74, 6) is 0. The third-order valence-corrected chi connectivity index (χ3v) is 1.21. The van der Waals surface area contributed by atoms with Gasteiger partial charge < -0.3 is 10.2 Å². The molecule has 0 spiro atoms. The van der Waals surface area contributed by atoms with Gasteiger partial charge in [0.15, 0.2) is 0 Å². The SMILES string of the molecule is CN(C)CCNC(C)(C)C. The summed E-state index contributed by atoms with van der Waals surface area (Å²) in [4.78, 5) is 2.18. The first-order valence-electron chi connectivity index (χ1n) is 3.81. The molecular formula is C8H20N2. The van der Waals surface area contributed by atoms with Crippen molar-refractivity contribution in [1.82, 2.24) is 10.2 Å². The van der Waals surface area contributed by atoms with Gasteiger partial charge in [-0.25, -0.2) is 0 Å². The second-order valence-electron chi connectivity index (χ2n) is 3.98. The van der Waals surface area contributed by atoms with E-state index in [0.29, 0.717) is 0 Å². The quantitative estimate of drug-likeness (QED) is 0.634. The van der Waals surface area contributed by atoms with Crippen LogP contribution in [0.2, 0.25) is 0 Å². The Hall–Kier alpha value is -0.0800. The molecule has 0 atom stereocenters. The van der Waals surface area contributed by atoms with Gasteiger partial charge in [0.05, 0.1) is 0 Å². The van der Waals surface area contributed by atoms with Gasteiger partial charge in [-0.05, 0) is 34.9 Å². The number of nitrogens with one attached hydrogen (secondary N) is 1. The fourth-order valence-corrected chi connectivity index (χ4v) is 0.655. The smallest absolute Gasteiger partial charge is 0.0101 e. The number of rotatable bonds is 3. The average Bonchev–Trinajstić information content (AvgIpc) is 1.59. The topological polar surface area (TPSA) is 15.3 Å². The molecule has 0 aliphatic rings. The highest BCUT2D eigenvalue weighted by molar-refractivity contribution is 4.70. The molecule has 0 fully saturated rings. The first-order chi connectivity index (χ1) is 4.42. The van der Waals surface area contributed by atoms with Crippen LogP contribution in [0.25, 0.3) is 0 Å². The lowest BCUT2D eigenvalue weighted by Gasteiger charge is -2.21. The molecule has 0 amide bonds. The minimum absolute atomic E-state index is 0.260. The van der Waals surface area contributed by atoms with Gasteiger partial charge in [-0.1, -0.05) is 0 Å². The second-order valence-corrected chi connectivity index (χ2v) is 3.98. The number of hydrogen-bond donors (Lipinski definition) is 1. The normalized spacial score (nSPS) is 12.6. The van der Waals surface area contributed by atoms with E-state index in [0.717, 1.165) is 13.1 Å². The summed E-state index contributed by atoms with van der Waals surface area (Å²) < 4.78 is 0. The van der Waals surface area contributed by atoms with Gasteiger partial charge in [-0.2, -0.15) is 0 Å². The van der Waals surface area contributed by atoms with E-state index >= 15 is 0 Å². The maximum atomic E-state index is 3.41. The molecule has 0 bridgehead atoms. The summed E-state index contributed by atoms with van der Waals surface area (Å²) in [5.41, 5.74) is 0.260. The molecule has 0 saturated heterocycles. The van der Waals surface area contributed by atoms with Crippen LogP contribution in [0.5, 0.6) is 0 Å². The minimum Gasteiger partial charge on any atom is -0.311 e. The summed E-state index contributed by atoms with van der Waals surface area (Å²) in [6.45, 7) is 8.72. The van der Waals surface area contributed by atoms with Crippen molar-refractivity contribution in [3.8, 4) is 0 Å². The monoisotopic (exact) mass is 144 g/mol. The first kappa shape index (κ1) is 9.92. The van der Waals surface area contributed by atoms with Crippen molar-refractivity contribution in [2.75, 3.05) is 27.2 Å². The molecule has 0 heterocycles. The van der Waals surface area contributed by atoms with Gasteiger partial charge in [-0.15, -0.1) is 0 Å². The Morgan fingerprint density at radius 1 is 1.20 bits per heavy atom. The molecule has 0 aromatic rings. The van der Waals surface area contributed by atoms with E-state index < -0.39 is 0 Å². The number of nitrogens with zero attached hydrogens (tertiary/aromatic N) is 1. The average molecular weight is 144 g/mol. The van der Waals surface area contributed by atoms with Gasteiger partial charge in [0.1, 0.15) is 0 Å². The highest BCUT2D eigenvalue weighted by Gasteiger charge is 2.06. The van der Waals surface area contributed by atoms with E-state index in [1.807, 2.05) is 0 Å². The lowest BCUT2D eigenvalue weighted by Crippen LogP contribution is -2.39. The molecule has 0 aromatic heterocycles. The summed E-state index contributed by atoms with van der Waals surface area (Å²) in [5, 5.41) is 3.41. The molecule has 0 unspecified atom stereocenters. The largest absolute Gasteiger partial charge is 0.311 e. The Balaban J connectivity index is 3.21. The second kappa shape index (κ2) is 3.94. The summed E-state index contributed by atoms with van der Waals surface area (Å²) in [6.07, 6.45) is 0. The molecule has 1 N–H and O–H groups in total. The Morgan fingerprint density at radius 2 is 1.70 bits per heavy atom. The van der Waals surface area contributed by atoms with E-state index in [1.54, 1.807) is 0 Å². The van der Waals surface area contributed by atoms with Crippen molar-refractivity contribution in [3.05, 3.63) is 0 Å². The Labute approximate surface area is 64.6 Å². The molecule has 0 aliphatic heterocycles. The van der Waals surface area contributed by atoms with Crippen LogP contribution in [0, 0.1) is 0 Å². The molecule has 2 nitrogen and oxygen atoms in total. The van der Waals surface area contributed by atoms with Crippen LogP contribution in [-0.4, -0.2) is 37.6 Å². The highest BCUT2D eigenvalue weighted by atomic mass is 15.1. The van der Waals surface area contributed by atoms with Gasteiger partial charge in [0, 0.05) is 18.6 Å². The molecule has 0 rings (SSSR count). The van der Waals surface area contributed by atoms with Crippen LogP contribution in [0.1, 0.15) is 20.8 Å². The maximum Gasteiger partial charge on any atom is 0.0101 e. The van der Waals surface area contributed by atoms with Crippen molar-refractivity contribution in [2.45, 2.75) is 26.3 Å². The van der Waals surface area contributed by atoms with Gasteiger partial charge in [0.2, 0.25) is 0 Å². The minimum atomic E-state index is 0.260. The predicted molar refractivity (Wildman–Crippen MR) is 46.3 cm³/mol. The zero-order chi connectivity index (χ0) is 8.20. The predicted octanol–water partition coefficient (Wildman–Crippen LogP) is 0.936. The Morgan fingerprint density at radius 3 is 2.00 bits per heavy atom. The van der Waals surface area contributed by atoms with Crippen LogP contribution in [0.15, 0.2) is 0 Å². The molecule has 0 radical (unpaired) electrons. The summed E-state index contributed by atoms with van der Waals surface area (Å²) in [7, 11) is 4.18. The number of likely N-dealkylation sites (N-methyl/N-ethyl adjacent to an activating group) is 1. The van der Waals surface area contributed by atoms with Crippen LogP contribution in [0.3, 0.4) is 0 Å². The molecule has 10 heavy (non-hydrogen) atoms. The lowest BCUT2D eigenvalue weighted by molar-refractivity contribution is 0.354. The summed E-state index contributed by atoms with van der Waals surface area (Å²) in [6, 6.07) is 0. The summed E-state index contributed by atoms with van der Waals surface area (Å²) >= 11 is 0. The van der Waals surface area contributed by atoms with Crippen molar-refractivity contribution in [3.63, 3.8) is 0 Å². The van der Waals surface area contributed by atoms with Crippen LogP contribution in [0.4, 0.5) is 0 Å². The fraction of sp³-hybridized carbons (Fsp3) is 1.00. The van der Waals surface area contributed by atoms with E-state index in [1.165, 1.54) is 0 Å². The van der Waals surface area contributed by atoms with E-state index in [2.05, 4.69) is 45.1 Å². The van der Waals surface area contributed by atoms with E-state index in [9.17, 15) is 0 Å². The van der Waals surface area contributed by atoms with Crippen molar-refractivity contribution < 1.29 is 0 Å². The van der Waals surface area contributed by atoms with Gasteiger partial charge in [0.25, 0.3) is 0 Å². The molecule has 2 heteroatoms. The van der Waals surface area contributed by atoms with Crippen LogP contribution in [-0.2, 0) is 0 Å². The highest BCUT2D eigenvalue weighted by Crippen LogP contribution is 1.96. The lowest BCUT2D eigenvalue weighted by atomic mass is 10.1. The third-order valence-electron chi connectivity index (χ3n) is 1.21. The molecule has 62 valence electrons. The van der Waals surface area contributed by atoms with E-state index in [4.69, 9.17) is 0 Å². The third kappa shape index (κ3) is 7.92. The van der Waals surface area contributed by atoms with Crippen molar-refractivity contribution in [2.24, 2.45) is 0 Å². The van der Waals surface area contributed by atoms with Gasteiger partial charge in [-0.3, -0.25) is 0 Å². The van der Waals surface area contributed by atoms with E-state index in [-0.39, 0.29) is 5.54 Å². The zero-order valence-electron chi connectivity index (χ0n) is 7.86. The van der Waals surface area contributed by atoms with Crippen molar-refractivity contribution >= 4 is 0 Å². The first-order valence-corrected chi connectivity index (χ1v) is 3.81. The zero-order valence-corrected chi connectivity index (χ0v) is 7.86. The maximum absolute atomic E-state index is 3.41. The molecular weight excluding hydrogens is 124 g/mol. The number of hydrogen-bond acceptors (Lipinski definition) is 2.